The van der Waals surface area contributed by atoms with Gasteiger partial charge in [-0.3, -0.25) is 4.79 Å². The molecule has 2 heterocycles. The number of carbonyl (C=O) groups is 1. The normalized spacial score (nSPS) is 24.9. The minimum Gasteiger partial charge on any atom is -0.491 e. The fourth-order valence-electron chi connectivity index (χ4n) is 5.79. The first-order chi connectivity index (χ1) is 17.1. The van der Waals surface area contributed by atoms with Gasteiger partial charge in [0, 0.05) is 16.0 Å². The van der Waals surface area contributed by atoms with E-state index in [-0.39, 0.29) is 23.7 Å². The van der Waals surface area contributed by atoms with Crippen molar-refractivity contribution in [1.29, 1.82) is 0 Å². The highest BCUT2D eigenvalue weighted by molar-refractivity contribution is 9.10. The maximum Gasteiger partial charge on any atom is 0.264 e. The van der Waals surface area contributed by atoms with Gasteiger partial charge in [0.15, 0.2) is 5.60 Å². The molecule has 0 aromatic heterocycles. The Morgan fingerprint density at radius 3 is 2.66 bits per heavy atom. The molecule has 1 aliphatic carbocycles. The van der Waals surface area contributed by atoms with Crippen LogP contribution in [0.2, 0.25) is 0 Å². The van der Waals surface area contributed by atoms with Crippen LogP contribution in [0.15, 0.2) is 88.9 Å². The number of anilines is 1. The van der Waals surface area contributed by atoms with Gasteiger partial charge in [0.2, 0.25) is 0 Å². The lowest BCUT2D eigenvalue weighted by Crippen LogP contribution is -2.53. The predicted octanol–water partition coefficient (Wildman–Crippen LogP) is 6.53. The summed E-state index contributed by atoms with van der Waals surface area (Å²) >= 11 is 3.74. The van der Waals surface area contributed by atoms with Crippen LogP contribution in [0.25, 0.3) is 0 Å². The smallest absolute Gasteiger partial charge is 0.264 e. The van der Waals surface area contributed by atoms with Gasteiger partial charge < -0.3 is 14.4 Å². The zero-order chi connectivity index (χ0) is 24.0. The predicted molar refractivity (Wildman–Crippen MR) is 136 cm³/mol. The van der Waals surface area contributed by atoms with Crippen LogP contribution in [0.4, 0.5) is 10.1 Å². The quantitative estimate of drug-likeness (QED) is 0.350. The number of halogens is 2. The maximum atomic E-state index is 14.4. The van der Waals surface area contributed by atoms with E-state index >= 15 is 0 Å². The minimum absolute atomic E-state index is 0.0151. The molecule has 0 unspecified atom stereocenters. The van der Waals surface area contributed by atoms with E-state index in [0.717, 1.165) is 46.3 Å². The van der Waals surface area contributed by atoms with Crippen molar-refractivity contribution in [3.8, 4) is 5.75 Å². The molecule has 6 rings (SSSR count). The van der Waals surface area contributed by atoms with Crippen LogP contribution >= 0.6 is 15.9 Å². The molecule has 1 spiro atoms. The number of fused-ring (bicyclic) bond motifs is 4. The van der Waals surface area contributed by atoms with E-state index < -0.39 is 5.60 Å². The molecule has 178 valence electrons. The van der Waals surface area contributed by atoms with Gasteiger partial charge in [-0.05, 0) is 61.2 Å². The van der Waals surface area contributed by atoms with Crippen LogP contribution in [0.1, 0.15) is 30.4 Å². The summed E-state index contributed by atoms with van der Waals surface area (Å²) in [4.78, 5) is 16.2. The third-order valence-corrected chi connectivity index (χ3v) is 7.93. The molecule has 0 bridgehead atoms. The molecule has 0 saturated carbocycles. The standard InChI is InChI=1S/C29H25BrFNO3/c30-25-10-5-11-26-27(25)29(28(33)32(26)17-19-12-14-21(31)15-13-19)24-9-4-6-20(24)16-23(35-29)18-34-22-7-2-1-3-8-22/h1-3,5-8,10-15,23-24H,4,9,16-18H2/t23-,24+,29+/m0/s1. The molecule has 0 N–H and O–H groups in total. The highest BCUT2D eigenvalue weighted by atomic mass is 79.9. The van der Waals surface area contributed by atoms with Gasteiger partial charge in [0.25, 0.3) is 5.91 Å². The topological polar surface area (TPSA) is 38.8 Å². The van der Waals surface area contributed by atoms with Crippen molar-refractivity contribution in [2.24, 2.45) is 5.92 Å². The zero-order valence-electron chi connectivity index (χ0n) is 19.1. The minimum atomic E-state index is -1.11. The summed E-state index contributed by atoms with van der Waals surface area (Å²) < 4.78 is 27.3. The molecule has 0 radical (unpaired) electrons. The number of para-hydroxylation sites is 1. The van der Waals surface area contributed by atoms with Gasteiger partial charge in [-0.25, -0.2) is 4.39 Å². The monoisotopic (exact) mass is 533 g/mol. The van der Waals surface area contributed by atoms with Crippen molar-refractivity contribution in [3.05, 3.63) is 106 Å². The van der Waals surface area contributed by atoms with Crippen molar-refractivity contribution in [3.63, 3.8) is 0 Å². The Balaban J connectivity index is 1.39. The van der Waals surface area contributed by atoms with E-state index in [1.807, 2.05) is 48.5 Å². The molecular formula is C29H25BrFNO3. The van der Waals surface area contributed by atoms with Crippen LogP contribution in [0, 0.1) is 11.7 Å². The second-order valence-corrected chi connectivity index (χ2v) is 10.2. The molecular weight excluding hydrogens is 509 g/mol. The Kier molecular flexibility index (Phi) is 5.73. The average Bonchev–Trinajstić information content (AvgIpc) is 3.44. The van der Waals surface area contributed by atoms with E-state index in [0.29, 0.717) is 13.2 Å². The molecule has 2 aliphatic heterocycles. The summed E-state index contributed by atoms with van der Waals surface area (Å²) in [6.07, 6.45) is 4.58. The average molecular weight is 534 g/mol. The summed E-state index contributed by atoms with van der Waals surface area (Å²) in [6, 6.07) is 21.9. The number of ether oxygens (including phenoxy) is 2. The maximum absolute atomic E-state index is 14.4. The third-order valence-electron chi connectivity index (χ3n) is 7.27. The summed E-state index contributed by atoms with van der Waals surface area (Å²) in [6.45, 7) is 0.714. The van der Waals surface area contributed by atoms with Gasteiger partial charge in [-0.15, -0.1) is 0 Å². The second-order valence-electron chi connectivity index (χ2n) is 9.36. The number of hydrogen-bond donors (Lipinski definition) is 0. The number of nitrogens with zero attached hydrogens (tertiary/aromatic N) is 1. The number of benzene rings is 3. The van der Waals surface area contributed by atoms with Crippen LogP contribution in [-0.2, 0) is 21.7 Å². The fraction of sp³-hybridized carbons (Fsp3) is 0.276. The zero-order valence-corrected chi connectivity index (χ0v) is 20.7. The lowest BCUT2D eigenvalue weighted by Gasteiger charge is -2.44. The van der Waals surface area contributed by atoms with Crippen molar-refractivity contribution in [2.75, 3.05) is 11.5 Å². The number of rotatable bonds is 5. The summed E-state index contributed by atoms with van der Waals surface area (Å²) in [5.74, 6) is 0.410. The molecule has 35 heavy (non-hydrogen) atoms. The van der Waals surface area contributed by atoms with Crippen molar-refractivity contribution in [2.45, 2.75) is 37.5 Å². The van der Waals surface area contributed by atoms with Crippen molar-refractivity contribution >= 4 is 27.5 Å². The molecule has 1 amide bonds. The molecule has 3 atom stereocenters. The molecule has 3 aliphatic rings. The Morgan fingerprint density at radius 1 is 1.06 bits per heavy atom. The van der Waals surface area contributed by atoms with Crippen molar-refractivity contribution in [1.82, 2.24) is 0 Å². The summed E-state index contributed by atoms with van der Waals surface area (Å²) in [7, 11) is 0. The van der Waals surface area contributed by atoms with Crippen molar-refractivity contribution < 1.29 is 18.7 Å². The Morgan fingerprint density at radius 2 is 1.86 bits per heavy atom. The van der Waals surface area contributed by atoms with Gasteiger partial charge in [0.1, 0.15) is 18.2 Å². The lowest BCUT2D eigenvalue weighted by molar-refractivity contribution is -0.174. The summed E-state index contributed by atoms with van der Waals surface area (Å²) in [5, 5.41) is 0. The second kappa shape index (κ2) is 8.92. The molecule has 3 aromatic carbocycles. The number of carbonyl (C=O) groups excluding carboxylic acids is 1. The summed E-state index contributed by atoms with van der Waals surface area (Å²) in [5.41, 5.74) is 2.75. The van der Waals surface area contributed by atoms with Gasteiger partial charge >= 0.3 is 0 Å². The third kappa shape index (κ3) is 3.80. The molecule has 4 nitrogen and oxygen atoms in total. The number of amides is 1. The molecule has 6 heteroatoms. The van der Waals surface area contributed by atoms with E-state index in [1.165, 1.54) is 17.7 Å². The van der Waals surface area contributed by atoms with Gasteiger partial charge in [-0.1, -0.05) is 64.0 Å². The highest BCUT2D eigenvalue weighted by Gasteiger charge is 2.62. The first-order valence-corrected chi connectivity index (χ1v) is 12.8. The van der Waals surface area contributed by atoms with Crippen LogP contribution in [0.5, 0.6) is 5.75 Å². The van der Waals surface area contributed by atoms with Crippen LogP contribution < -0.4 is 9.64 Å². The SMILES string of the molecule is O=C1N(Cc2ccc(F)cc2)c2cccc(Br)c2[C@@]12O[C@H](COc1ccccc1)CC1=CCC[C@H]12. The first kappa shape index (κ1) is 22.5. The number of hydrogen-bond acceptors (Lipinski definition) is 3. The fourth-order valence-corrected chi connectivity index (χ4v) is 6.44. The Hall–Kier alpha value is -2.96. The highest BCUT2D eigenvalue weighted by Crippen LogP contribution is 2.58. The Bertz CT molecular complexity index is 1290. The largest absolute Gasteiger partial charge is 0.491 e. The number of allylic oxidation sites excluding steroid dienone is 1. The van der Waals surface area contributed by atoms with Gasteiger partial charge in [0.05, 0.1) is 18.3 Å². The molecule has 1 saturated heterocycles. The van der Waals surface area contributed by atoms with E-state index in [4.69, 9.17) is 9.47 Å². The molecule has 1 fully saturated rings. The lowest BCUT2D eigenvalue weighted by atomic mass is 9.74. The molecule has 3 aromatic rings. The van der Waals surface area contributed by atoms with E-state index in [1.54, 1.807) is 17.0 Å². The first-order valence-electron chi connectivity index (χ1n) is 12.0. The van der Waals surface area contributed by atoms with E-state index in [2.05, 4.69) is 22.0 Å². The Labute approximate surface area is 212 Å². The van der Waals surface area contributed by atoms with Crippen LogP contribution in [0.3, 0.4) is 0 Å². The van der Waals surface area contributed by atoms with E-state index in [9.17, 15) is 9.18 Å². The van der Waals surface area contributed by atoms with Gasteiger partial charge in [-0.2, -0.15) is 0 Å². The van der Waals surface area contributed by atoms with Crippen LogP contribution in [-0.4, -0.2) is 18.6 Å².